The molecular weight excluding hydrogens is 106 g/mol. The first-order valence-electron chi connectivity index (χ1n) is 3.15. The van der Waals surface area contributed by atoms with Crippen LogP contribution in [0.1, 0.15) is 19.8 Å². The molecular formula is C7H10B2. The molecule has 0 aliphatic rings. The molecule has 0 aromatic rings. The van der Waals surface area contributed by atoms with E-state index in [0.717, 1.165) is 18.3 Å². The van der Waals surface area contributed by atoms with Crippen LogP contribution in [0.15, 0.2) is 23.6 Å². The second-order valence-corrected chi connectivity index (χ2v) is 1.85. The Balaban J connectivity index is 3.55. The second kappa shape index (κ2) is 5.74. The van der Waals surface area contributed by atoms with E-state index in [-0.39, 0.29) is 0 Å². The van der Waals surface area contributed by atoms with Gasteiger partial charge in [-0.2, -0.15) is 0 Å². The number of rotatable bonds is 3. The van der Waals surface area contributed by atoms with Gasteiger partial charge in [0.15, 0.2) is 0 Å². The molecule has 0 nitrogen and oxygen atoms in total. The number of unbranched alkanes of at least 4 members (excludes halogenated alkanes) is 1. The number of allylic oxidation sites excluding steroid dienone is 3. The van der Waals surface area contributed by atoms with Crippen LogP contribution in [0.5, 0.6) is 0 Å². The zero-order valence-electron chi connectivity index (χ0n) is 5.80. The lowest BCUT2D eigenvalue weighted by Gasteiger charge is -1.89. The first-order chi connectivity index (χ1) is 4.31. The summed E-state index contributed by atoms with van der Waals surface area (Å²) in [6, 6.07) is 0. The van der Waals surface area contributed by atoms with Gasteiger partial charge < -0.3 is 0 Å². The monoisotopic (exact) mass is 116 g/mol. The third kappa shape index (κ3) is 5.48. The van der Waals surface area contributed by atoms with Crippen LogP contribution in [0.2, 0.25) is 0 Å². The minimum Gasteiger partial charge on any atom is -0.132 e. The highest BCUT2D eigenvalue weighted by Crippen LogP contribution is 1.94. The molecule has 9 heavy (non-hydrogen) atoms. The normalized spacial score (nSPS) is 12.8. The summed E-state index contributed by atoms with van der Waals surface area (Å²) in [5.74, 6) is 1.45. The van der Waals surface area contributed by atoms with Crippen LogP contribution < -0.4 is 0 Å². The molecule has 0 aromatic heterocycles. The average molecular weight is 116 g/mol. The molecule has 2 heteroatoms. The van der Waals surface area contributed by atoms with Gasteiger partial charge in [-0.3, -0.25) is 0 Å². The van der Waals surface area contributed by atoms with Gasteiger partial charge in [0, 0.05) is 0 Å². The fourth-order valence-corrected chi connectivity index (χ4v) is 0.490. The molecule has 0 atom stereocenters. The Morgan fingerprint density at radius 2 is 2.22 bits per heavy atom. The minimum atomic E-state index is 0.749. The molecule has 0 fully saturated rings. The Morgan fingerprint density at radius 1 is 1.56 bits per heavy atom. The van der Waals surface area contributed by atoms with Gasteiger partial charge in [-0.05, 0) is 6.42 Å². The van der Waals surface area contributed by atoms with Crippen molar-refractivity contribution < 1.29 is 0 Å². The summed E-state index contributed by atoms with van der Waals surface area (Å²) in [5, 5.41) is 0. The van der Waals surface area contributed by atoms with Crippen LogP contribution in [0.4, 0.5) is 0 Å². The fourth-order valence-electron chi connectivity index (χ4n) is 0.490. The fraction of sp³-hybridized carbons (Fsp3) is 0.429. The second-order valence-electron chi connectivity index (χ2n) is 1.85. The van der Waals surface area contributed by atoms with Crippen LogP contribution in [0, 0.1) is 0 Å². The molecule has 0 aliphatic carbocycles. The molecule has 0 heterocycles. The van der Waals surface area contributed by atoms with E-state index in [1.807, 2.05) is 6.08 Å². The van der Waals surface area contributed by atoms with Crippen LogP contribution in [-0.2, 0) is 0 Å². The first kappa shape index (κ1) is 8.61. The quantitative estimate of drug-likeness (QED) is 0.387. The molecule has 0 rings (SSSR count). The molecule has 0 amide bonds. The highest BCUT2D eigenvalue weighted by molar-refractivity contribution is 6.25. The third-order valence-corrected chi connectivity index (χ3v) is 0.957. The first-order valence-corrected chi connectivity index (χ1v) is 3.15. The van der Waals surface area contributed by atoms with E-state index in [0.29, 0.717) is 0 Å². The van der Waals surface area contributed by atoms with Crippen molar-refractivity contribution in [1.82, 2.24) is 0 Å². The zero-order valence-corrected chi connectivity index (χ0v) is 5.80. The summed E-state index contributed by atoms with van der Waals surface area (Å²) in [4.78, 5) is 0. The van der Waals surface area contributed by atoms with E-state index < -0.39 is 0 Å². The average Bonchev–Trinajstić information content (AvgIpc) is 1.85. The van der Waals surface area contributed by atoms with Crippen molar-refractivity contribution in [2.45, 2.75) is 19.8 Å². The topological polar surface area (TPSA) is 0 Å². The van der Waals surface area contributed by atoms with Gasteiger partial charge in [0.2, 0.25) is 0 Å². The Kier molecular flexibility index (Phi) is 5.49. The van der Waals surface area contributed by atoms with Gasteiger partial charge >= 0.3 is 0 Å². The smallest absolute Gasteiger partial charge is 0.113 e. The Labute approximate surface area is 59.9 Å². The largest absolute Gasteiger partial charge is 0.132 e. The molecule has 44 valence electrons. The predicted molar refractivity (Wildman–Crippen MR) is 43.6 cm³/mol. The van der Waals surface area contributed by atoms with Gasteiger partial charge in [-0.25, -0.2) is 0 Å². The van der Waals surface area contributed by atoms with Gasteiger partial charge in [-0.1, -0.05) is 25.5 Å². The summed E-state index contributed by atoms with van der Waals surface area (Å²) >= 11 is 0. The molecule has 0 N–H and O–H groups in total. The Morgan fingerprint density at radius 3 is 2.67 bits per heavy atom. The summed E-state index contributed by atoms with van der Waals surface area (Å²) in [5.41, 5.74) is 0.749. The van der Waals surface area contributed by atoms with E-state index >= 15 is 0 Å². The predicted octanol–water partition coefficient (Wildman–Crippen LogP) is 1.52. The SMILES string of the molecule is [B]/C=C/C([B])=C\CCC. The van der Waals surface area contributed by atoms with Crippen molar-refractivity contribution in [2.24, 2.45) is 0 Å². The van der Waals surface area contributed by atoms with Crippen LogP contribution in [0.3, 0.4) is 0 Å². The standard InChI is InChI=1S/C7H10B2/c1-2-3-4-7(9)5-6-8/h4-6H,2-3H2,1H3/b6-5+,7-4+. The lowest BCUT2D eigenvalue weighted by molar-refractivity contribution is 0.957. The highest BCUT2D eigenvalue weighted by atomic mass is 13.8. The maximum absolute atomic E-state index is 5.46. The Hall–Kier alpha value is -0.390. The number of hydrogen-bond donors (Lipinski definition) is 0. The summed E-state index contributed by atoms with van der Waals surface area (Å²) in [6.45, 7) is 2.11. The molecule has 0 unspecified atom stereocenters. The van der Waals surface area contributed by atoms with Crippen molar-refractivity contribution in [2.75, 3.05) is 0 Å². The summed E-state index contributed by atoms with van der Waals surface area (Å²) < 4.78 is 0. The lowest BCUT2D eigenvalue weighted by Crippen LogP contribution is -1.74. The van der Waals surface area contributed by atoms with Crippen LogP contribution in [-0.4, -0.2) is 15.7 Å². The molecule has 0 aliphatic heterocycles. The van der Waals surface area contributed by atoms with Crippen molar-refractivity contribution in [3.63, 3.8) is 0 Å². The van der Waals surface area contributed by atoms with Crippen LogP contribution in [0.25, 0.3) is 0 Å². The van der Waals surface area contributed by atoms with Gasteiger partial charge in [0.1, 0.15) is 15.7 Å². The van der Waals surface area contributed by atoms with E-state index in [1.165, 1.54) is 5.98 Å². The Bertz CT molecular complexity index is 114. The number of hydrogen-bond acceptors (Lipinski definition) is 0. The van der Waals surface area contributed by atoms with Gasteiger partial charge in [0.05, 0.1) is 0 Å². The van der Waals surface area contributed by atoms with E-state index in [9.17, 15) is 0 Å². The molecule has 0 saturated carbocycles. The van der Waals surface area contributed by atoms with Crippen LogP contribution >= 0.6 is 0 Å². The molecule has 0 bridgehead atoms. The molecule has 0 saturated heterocycles. The minimum absolute atomic E-state index is 0.749. The van der Waals surface area contributed by atoms with Crippen molar-refractivity contribution in [3.8, 4) is 0 Å². The maximum Gasteiger partial charge on any atom is 0.113 e. The van der Waals surface area contributed by atoms with Crippen molar-refractivity contribution in [1.29, 1.82) is 0 Å². The van der Waals surface area contributed by atoms with Crippen molar-refractivity contribution >= 4 is 15.7 Å². The third-order valence-electron chi connectivity index (χ3n) is 0.957. The van der Waals surface area contributed by atoms with Gasteiger partial charge in [0.25, 0.3) is 0 Å². The maximum atomic E-state index is 5.46. The molecule has 0 spiro atoms. The van der Waals surface area contributed by atoms with Crippen molar-refractivity contribution in [3.05, 3.63) is 23.6 Å². The van der Waals surface area contributed by atoms with E-state index in [2.05, 4.69) is 6.92 Å². The van der Waals surface area contributed by atoms with E-state index in [4.69, 9.17) is 15.7 Å². The lowest BCUT2D eigenvalue weighted by atomic mass is 9.92. The van der Waals surface area contributed by atoms with E-state index in [1.54, 1.807) is 6.08 Å². The summed E-state index contributed by atoms with van der Waals surface area (Å²) in [7, 11) is 10.6. The zero-order chi connectivity index (χ0) is 7.11. The molecule has 0 aromatic carbocycles. The summed E-state index contributed by atoms with van der Waals surface area (Å²) in [6.07, 6.45) is 5.80. The van der Waals surface area contributed by atoms with Gasteiger partial charge in [-0.15, -0.1) is 11.4 Å². The highest BCUT2D eigenvalue weighted by Gasteiger charge is 1.77. The molecule has 4 radical (unpaired) electrons.